The van der Waals surface area contributed by atoms with Gasteiger partial charge in [-0.3, -0.25) is 0 Å². The second-order valence-electron chi connectivity index (χ2n) is 4.38. The predicted molar refractivity (Wildman–Crippen MR) is 81.5 cm³/mol. The lowest BCUT2D eigenvalue weighted by molar-refractivity contribution is 0.518. The summed E-state index contributed by atoms with van der Waals surface area (Å²) >= 11 is 3.62. The van der Waals surface area contributed by atoms with Crippen molar-refractivity contribution in [3.8, 4) is 0 Å². The topological polar surface area (TPSA) is 24.1 Å². The molecular formula is C14H20N2S2. The van der Waals surface area contributed by atoms with Crippen LogP contribution in [0, 0.1) is 0 Å². The summed E-state index contributed by atoms with van der Waals surface area (Å²) in [5.74, 6) is 0. The van der Waals surface area contributed by atoms with Crippen LogP contribution in [-0.2, 0) is 0 Å². The maximum absolute atomic E-state index is 3.54. The molecule has 0 radical (unpaired) electrons. The van der Waals surface area contributed by atoms with Crippen LogP contribution in [0.25, 0.3) is 0 Å². The van der Waals surface area contributed by atoms with Crippen molar-refractivity contribution in [1.29, 1.82) is 0 Å². The first-order chi connectivity index (χ1) is 8.77. The third-order valence-electron chi connectivity index (χ3n) is 2.97. The van der Waals surface area contributed by atoms with E-state index >= 15 is 0 Å². The standard InChI is InChI=1S/C14H20N2S2/c1-11(13-5-3-9-17-13)15-7-8-16-12(2)14-6-4-10-18-14/h3-6,9-12,15-16H,7-8H2,1-2H3/t11-,12+. The molecule has 0 aliphatic rings. The Balaban J connectivity index is 1.64. The average Bonchev–Trinajstić information content (AvgIpc) is 3.05. The van der Waals surface area contributed by atoms with E-state index in [-0.39, 0.29) is 0 Å². The van der Waals surface area contributed by atoms with Crippen molar-refractivity contribution in [2.75, 3.05) is 13.1 Å². The summed E-state index contributed by atoms with van der Waals surface area (Å²) in [7, 11) is 0. The summed E-state index contributed by atoms with van der Waals surface area (Å²) in [4.78, 5) is 2.81. The molecule has 0 bridgehead atoms. The van der Waals surface area contributed by atoms with Gasteiger partial charge in [0.1, 0.15) is 0 Å². The van der Waals surface area contributed by atoms with Gasteiger partial charge < -0.3 is 10.6 Å². The molecule has 0 aliphatic carbocycles. The summed E-state index contributed by atoms with van der Waals surface area (Å²) in [6, 6.07) is 9.48. The van der Waals surface area contributed by atoms with Gasteiger partial charge in [-0.2, -0.15) is 0 Å². The molecule has 0 saturated heterocycles. The van der Waals surface area contributed by atoms with Gasteiger partial charge in [0.05, 0.1) is 0 Å². The van der Waals surface area contributed by atoms with E-state index in [1.54, 1.807) is 0 Å². The fourth-order valence-corrected chi connectivity index (χ4v) is 3.37. The van der Waals surface area contributed by atoms with Crippen LogP contribution in [0.1, 0.15) is 35.7 Å². The van der Waals surface area contributed by atoms with Gasteiger partial charge in [-0.05, 0) is 36.7 Å². The van der Waals surface area contributed by atoms with Crippen LogP contribution in [0.15, 0.2) is 35.0 Å². The van der Waals surface area contributed by atoms with Crippen molar-refractivity contribution >= 4 is 22.7 Å². The predicted octanol–water partition coefficient (Wildman–Crippen LogP) is 3.81. The molecule has 0 aliphatic heterocycles. The molecular weight excluding hydrogens is 260 g/mol. The molecule has 98 valence electrons. The fourth-order valence-electron chi connectivity index (χ4n) is 1.85. The normalized spacial score (nSPS) is 14.6. The molecule has 18 heavy (non-hydrogen) atoms. The van der Waals surface area contributed by atoms with Gasteiger partial charge >= 0.3 is 0 Å². The summed E-state index contributed by atoms with van der Waals surface area (Å²) in [6.45, 7) is 6.42. The first-order valence-corrected chi connectivity index (χ1v) is 8.07. The third-order valence-corrected chi connectivity index (χ3v) is 5.08. The third kappa shape index (κ3) is 3.92. The maximum atomic E-state index is 3.54. The molecule has 2 N–H and O–H groups in total. The summed E-state index contributed by atoms with van der Waals surface area (Å²) < 4.78 is 0. The van der Waals surface area contributed by atoms with E-state index in [0.717, 1.165) is 13.1 Å². The Bertz CT molecular complexity index is 380. The van der Waals surface area contributed by atoms with Gasteiger partial charge in [-0.1, -0.05) is 12.1 Å². The zero-order chi connectivity index (χ0) is 12.8. The van der Waals surface area contributed by atoms with E-state index in [2.05, 4.69) is 59.5 Å². The average molecular weight is 280 g/mol. The van der Waals surface area contributed by atoms with E-state index in [1.165, 1.54) is 9.75 Å². The molecule has 2 rings (SSSR count). The Morgan fingerprint density at radius 2 is 1.33 bits per heavy atom. The van der Waals surface area contributed by atoms with Crippen molar-refractivity contribution in [3.63, 3.8) is 0 Å². The minimum Gasteiger partial charge on any atom is -0.308 e. The van der Waals surface area contributed by atoms with Crippen LogP contribution in [0.3, 0.4) is 0 Å². The van der Waals surface area contributed by atoms with Crippen LogP contribution >= 0.6 is 22.7 Å². The molecule has 2 aromatic heterocycles. The van der Waals surface area contributed by atoms with Gasteiger partial charge in [0, 0.05) is 34.9 Å². The van der Waals surface area contributed by atoms with E-state index < -0.39 is 0 Å². The highest BCUT2D eigenvalue weighted by Crippen LogP contribution is 2.18. The number of rotatable bonds is 7. The number of nitrogens with one attached hydrogen (secondary N) is 2. The van der Waals surface area contributed by atoms with Crippen LogP contribution in [0.2, 0.25) is 0 Å². The SMILES string of the molecule is C[C@H](NCCN[C@H](C)c1cccs1)c1cccs1. The van der Waals surface area contributed by atoms with Crippen molar-refractivity contribution in [3.05, 3.63) is 44.8 Å². The van der Waals surface area contributed by atoms with Crippen molar-refractivity contribution in [2.45, 2.75) is 25.9 Å². The number of hydrogen-bond acceptors (Lipinski definition) is 4. The van der Waals surface area contributed by atoms with Gasteiger partial charge in [-0.25, -0.2) is 0 Å². The molecule has 2 heterocycles. The molecule has 0 unspecified atom stereocenters. The van der Waals surface area contributed by atoms with E-state index in [4.69, 9.17) is 0 Å². The summed E-state index contributed by atoms with van der Waals surface area (Å²) in [5, 5.41) is 11.3. The van der Waals surface area contributed by atoms with Crippen LogP contribution in [0.4, 0.5) is 0 Å². The summed E-state index contributed by atoms with van der Waals surface area (Å²) in [5.41, 5.74) is 0. The van der Waals surface area contributed by atoms with E-state index in [9.17, 15) is 0 Å². The first-order valence-electron chi connectivity index (χ1n) is 6.31. The van der Waals surface area contributed by atoms with E-state index in [1.807, 2.05) is 22.7 Å². The Labute approximate surface area is 117 Å². The lowest BCUT2D eigenvalue weighted by atomic mass is 10.2. The van der Waals surface area contributed by atoms with Crippen LogP contribution in [0.5, 0.6) is 0 Å². The highest BCUT2D eigenvalue weighted by Gasteiger charge is 2.07. The van der Waals surface area contributed by atoms with E-state index in [0.29, 0.717) is 12.1 Å². The smallest absolute Gasteiger partial charge is 0.0386 e. The second-order valence-corrected chi connectivity index (χ2v) is 6.34. The van der Waals surface area contributed by atoms with Crippen molar-refractivity contribution in [2.24, 2.45) is 0 Å². The number of thiophene rings is 2. The minimum absolute atomic E-state index is 0.448. The quantitative estimate of drug-likeness (QED) is 0.754. The molecule has 0 spiro atoms. The lowest BCUT2D eigenvalue weighted by Crippen LogP contribution is -2.30. The van der Waals surface area contributed by atoms with Crippen molar-refractivity contribution in [1.82, 2.24) is 10.6 Å². The molecule has 0 amide bonds. The maximum Gasteiger partial charge on any atom is 0.0386 e. The fraction of sp³-hybridized carbons (Fsp3) is 0.429. The monoisotopic (exact) mass is 280 g/mol. The van der Waals surface area contributed by atoms with Crippen molar-refractivity contribution < 1.29 is 0 Å². The molecule has 0 aromatic carbocycles. The van der Waals surface area contributed by atoms with Gasteiger partial charge in [0.2, 0.25) is 0 Å². The molecule has 0 fully saturated rings. The summed E-state index contributed by atoms with van der Waals surface area (Å²) in [6.07, 6.45) is 0. The van der Waals surface area contributed by atoms with Gasteiger partial charge in [0.25, 0.3) is 0 Å². The zero-order valence-electron chi connectivity index (χ0n) is 10.8. The van der Waals surface area contributed by atoms with Crippen LogP contribution < -0.4 is 10.6 Å². The highest BCUT2D eigenvalue weighted by molar-refractivity contribution is 7.10. The first kappa shape index (κ1) is 13.7. The lowest BCUT2D eigenvalue weighted by Gasteiger charge is -2.15. The molecule has 2 nitrogen and oxygen atoms in total. The van der Waals surface area contributed by atoms with Gasteiger partial charge in [-0.15, -0.1) is 22.7 Å². The Hall–Kier alpha value is -0.680. The Kier molecular flexibility index (Phi) is 5.38. The van der Waals surface area contributed by atoms with Gasteiger partial charge in [0.15, 0.2) is 0 Å². The molecule has 0 saturated carbocycles. The van der Waals surface area contributed by atoms with Crippen LogP contribution in [-0.4, -0.2) is 13.1 Å². The second kappa shape index (κ2) is 7.04. The minimum atomic E-state index is 0.448. The zero-order valence-corrected chi connectivity index (χ0v) is 12.5. The molecule has 2 aromatic rings. The number of hydrogen-bond donors (Lipinski definition) is 2. The molecule has 4 heteroatoms. The Morgan fingerprint density at radius 1 is 0.889 bits per heavy atom. The largest absolute Gasteiger partial charge is 0.308 e. The highest BCUT2D eigenvalue weighted by atomic mass is 32.1. The Morgan fingerprint density at radius 3 is 1.67 bits per heavy atom. The molecule has 2 atom stereocenters.